The zero-order valence-corrected chi connectivity index (χ0v) is 12.7. The van der Waals surface area contributed by atoms with Gasteiger partial charge < -0.3 is 19.7 Å². The minimum atomic E-state index is 0.640. The molecule has 0 radical (unpaired) electrons. The molecule has 0 aromatic carbocycles. The maximum atomic E-state index is 5.41. The van der Waals surface area contributed by atoms with E-state index in [0.717, 1.165) is 64.7 Å². The molecule has 1 atom stereocenters. The number of hydrogen-bond donors (Lipinski definition) is 1. The summed E-state index contributed by atoms with van der Waals surface area (Å²) in [5.41, 5.74) is 0. The van der Waals surface area contributed by atoms with Crippen molar-refractivity contribution >= 4 is 5.96 Å². The summed E-state index contributed by atoms with van der Waals surface area (Å²) in [6, 6.07) is 0. The third kappa shape index (κ3) is 6.78. The highest BCUT2D eigenvalue weighted by molar-refractivity contribution is 5.79. The molecule has 0 aromatic heterocycles. The van der Waals surface area contributed by atoms with Crippen molar-refractivity contribution in [2.24, 2.45) is 10.9 Å². The number of unbranched alkanes of at least 4 members (excludes halogenated alkanes) is 1. The van der Waals surface area contributed by atoms with Crippen LogP contribution in [-0.2, 0) is 9.47 Å². The summed E-state index contributed by atoms with van der Waals surface area (Å²) in [7, 11) is 3.93. The predicted octanol–water partition coefficient (Wildman–Crippen LogP) is 1.35. The Morgan fingerprint density at radius 2 is 2.32 bits per heavy atom. The first kappa shape index (κ1) is 16.2. The Balaban J connectivity index is 2.13. The third-order valence-corrected chi connectivity index (χ3v) is 3.33. The molecule has 1 saturated heterocycles. The number of aliphatic imine (C=N–C) groups is 1. The van der Waals surface area contributed by atoms with Crippen LogP contribution in [0.1, 0.15) is 26.2 Å². The van der Waals surface area contributed by atoms with Crippen LogP contribution >= 0.6 is 0 Å². The second-order valence-corrected chi connectivity index (χ2v) is 4.99. The number of guanidine groups is 1. The van der Waals surface area contributed by atoms with Gasteiger partial charge in [-0.2, -0.15) is 0 Å². The molecular weight excluding hydrogens is 242 g/mol. The van der Waals surface area contributed by atoms with E-state index < -0.39 is 0 Å². The van der Waals surface area contributed by atoms with E-state index in [-0.39, 0.29) is 0 Å². The van der Waals surface area contributed by atoms with E-state index in [1.165, 1.54) is 0 Å². The smallest absolute Gasteiger partial charge is 0.193 e. The molecular formula is C14H29N3O2. The molecule has 0 spiro atoms. The van der Waals surface area contributed by atoms with E-state index in [1.807, 2.05) is 14.0 Å². The van der Waals surface area contributed by atoms with Crippen LogP contribution in [0.4, 0.5) is 0 Å². The van der Waals surface area contributed by atoms with Gasteiger partial charge in [0.15, 0.2) is 5.96 Å². The molecule has 5 nitrogen and oxygen atoms in total. The van der Waals surface area contributed by atoms with Crippen molar-refractivity contribution in [2.45, 2.75) is 26.2 Å². The van der Waals surface area contributed by atoms with Gasteiger partial charge in [-0.1, -0.05) is 0 Å². The first-order valence-corrected chi connectivity index (χ1v) is 7.35. The molecule has 5 heteroatoms. The first-order valence-electron chi connectivity index (χ1n) is 7.35. The van der Waals surface area contributed by atoms with E-state index in [4.69, 9.17) is 9.47 Å². The number of nitrogens with one attached hydrogen (secondary N) is 1. The van der Waals surface area contributed by atoms with Crippen LogP contribution in [-0.4, -0.2) is 64.5 Å². The lowest BCUT2D eigenvalue weighted by Crippen LogP contribution is -2.41. The summed E-state index contributed by atoms with van der Waals surface area (Å²) < 4.78 is 10.7. The highest BCUT2D eigenvalue weighted by Crippen LogP contribution is 2.13. The standard InChI is InChI=1S/C14H29N3O2/c1-4-18-9-6-5-8-16-14(15-2)17(3)11-13-7-10-19-12-13/h13H,4-12H2,1-3H3,(H,15,16). The Morgan fingerprint density at radius 1 is 1.47 bits per heavy atom. The van der Waals surface area contributed by atoms with Gasteiger partial charge in [0.2, 0.25) is 0 Å². The van der Waals surface area contributed by atoms with Gasteiger partial charge in [0.25, 0.3) is 0 Å². The van der Waals surface area contributed by atoms with Crippen molar-refractivity contribution < 1.29 is 9.47 Å². The van der Waals surface area contributed by atoms with E-state index in [2.05, 4.69) is 22.3 Å². The van der Waals surface area contributed by atoms with E-state index in [0.29, 0.717) is 5.92 Å². The van der Waals surface area contributed by atoms with Crippen molar-refractivity contribution in [3.05, 3.63) is 0 Å². The quantitative estimate of drug-likeness (QED) is 0.411. The largest absolute Gasteiger partial charge is 0.382 e. The van der Waals surface area contributed by atoms with Gasteiger partial charge in [0, 0.05) is 52.9 Å². The molecule has 1 unspecified atom stereocenters. The number of hydrogen-bond acceptors (Lipinski definition) is 3. The maximum absolute atomic E-state index is 5.41. The SMILES string of the molecule is CCOCCCCNC(=NC)N(C)CC1CCOC1. The molecule has 112 valence electrons. The molecule has 0 saturated carbocycles. The molecule has 1 fully saturated rings. The van der Waals surface area contributed by atoms with Gasteiger partial charge in [0.1, 0.15) is 0 Å². The Hall–Kier alpha value is -0.810. The van der Waals surface area contributed by atoms with Crippen LogP contribution in [0.15, 0.2) is 4.99 Å². The molecule has 1 heterocycles. The average molecular weight is 271 g/mol. The Morgan fingerprint density at radius 3 is 2.95 bits per heavy atom. The monoisotopic (exact) mass is 271 g/mol. The minimum absolute atomic E-state index is 0.640. The van der Waals surface area contributed by atoms with Gasteiger partial charge >= 0.3 is 0 Å². The summed E-state index contributed by atoms with van der Waals surface area (Å²) in [5.74, 6) is 1.62. The summed E-state index contributed by atoms with van der Waals surface area (Å²) in [6.45, 7) is 7.44. The molecule has 1 N–H and O–H groups in total. The maximum Gasteiger partial charge on any atom is 0.193 e. The molecule has 0 aromatic rings. The van der Waals surface area contributed by atoms with Crippen LogP contribution in [0.2, 0.25) is 0 Å². The molecule has 1 rings (SSSR count). The van der Waals surface area contributed by atoms with E-state index >= 15 is 0 Å². The van der Waals surface area contributed by atoms with Gasteiger partial charge in [-0.25, -0.2) is 0 Å². The third-order valence-electron chi connectivity index (χ3n) is 3.33. The lowest BCUT2D eigenvalue weighted by Gasteiger charge is -2.24. The second-order valence-electron chi connectivity index (χ2n) is 4.99. The fourth-order valence-corrected chi connectivity index (χ4v) is 2.26. The zero-order valence-electron chi connectivity index (χ0n) is 12.7. The van der Waals surface area contributed by atoms with Crippen LogP contribution in [0.3, 0.4) is 0 Å². The Labute approximate surface area is 117 Å². The Kier molecular flexibility index (Phi) is 8.58. The normalized spacial score (nSPS) is 19.7. The van der Waals surface area contributed by atoms with Gasteiger partial charge in [-0.3, -0.25) is 4.99 Å². The molecule has 0 bridgehead atoms. The summed E-state index contributed by atoms with van der Waals surface area (Å²) in [6.07, 6.45) is 3.37. The van der Waals surface area contributed by atoms with E-state index in [9.17, 15) is 0 Å². The molecule has 1 aliphatic rings. The number of rotatable bonds is 8. The van der Waals surface area contributed by atoms with Crippen LogP contribution < -0.4 is 5.32 Å². The van der Waals surface area contributed by atoms with Crippen LogP contribution in [0.25, 0.3) is 0 Å². The first-order chi connectivity index (χ1) is 9.27. The van der Waals surface area contributed by atoms with Crippen molar-refractivity contribution in [3.8, 4) is 0 Å². The minimum Gasteiger partial charge on any atom is -0.382 e. The fourth-order valence-electron chi connectivity index (χ4n) is 2.26. The van der Waals surface area contributed by atoms with Crippen LogP contribution in [0.5, 0.6) is 0 Å². The van der Waals surface area contributed by atoms with Crippen molar-refractivity contribution in [2.75, 3.05) is 53.6 Å². The summed E-state index contributed by atoms with van der Waals surface area (Å²) >= 11 is 0. The topological polar surface area (TPSA) is 46.1 Å². The highest BCUT2D eigenvalue weighted by Gasteiger charge is 2.18. The summed E-state index contributed by atoms with van der Waals surface area (Å²) in [5, 5.41) is 3.40. The second kappa shape index (κ2) is 10.0. The zero-order chi connectivity index (χ0) is 13.9. The van der Waals surface area contributed by atoms with Crippen molar-refractivity contribution in [3.63, 3.8) is 0 Å². The van der Waals surface area contributed by atoms with Gasteiger partial charge in [0.05, 0.1) is 6.61 Å². The molecule has 0 aliphatic carbocycles. The molecule has 0 amide bonds. The lowest BCUT2D eigenvalue weighted by atomic mass is 10.1. The van der Waals surface area contributed by atoms with Gasteiger partial charge in [-0.05, 0) is 26.2 Å². The molecule has 1 aliphatic heterocycles. The van der Waals surface area contributed by atoms with E-state index in [1.54, 1.807) is 0 Å². The lowest BCUT2D eigenvalue weighted by molar-refractivity contribution is 0.143. The highest BCUT2D eigenvalue weighted by atomic mass is 16.5. The Bertz CT molecular complexity index is 253. The predicted molar refractivity (Wildman–Crippen MR) is 78.6 cm³/mol. The van der Waals surface area contributed by atoms with Crippen molar-refractivity contribution in [1.29, 1.82) is 0 Å². The number of nitrogens with zero attached hydrogens (tertiary/aromatic N) is 2. The van der Waals surface area contributed by atoms with Crippen LogP contribution in [0, 0.1) is 5.92 Å². The molecule has 19 heavy (non-hydrogen) atoms. The number of ether oxygens (including phenoxy) is 2. The summed E-state index contributed by atoms with van der Waals surface area (Å²) in [4.78, 5) is 6.52. The fraction of sp³-hybridized carbons (Fsp3) is 0.929. The average Bonchev–Trinajstić information content (AvgIpc) is 2.90. The van der Waals surface area contributed by atoms with Gasteiger partial charge in [-0.15, -0.1) is 0 Å². The van der Waals surface area contributed by atoms with Crippen molar-refractivity contribution in [1.82, 2.24) is 10.2 Å².